The minimum Gasteiger partial charge on any atom is -0.385 e. The Morgan fingerprint density at radius 3 is 2.68 bits per heavy atom. The molecule has 2 heterocycles. The number of amides is 1. The molecule has 104 valence electrons. The molecule has 1 saturated heterocycles. The summed E-state index contributed by atoms with van der Waals surface area (Å²) in [6.45, 7) is 9.54. The molecule has 5 nitrogen and oxygen atoms in total. The lowest BCUT2D eigenvalue weighted by Crippen LogP contribution is -2.48. The molecule has 5 heteroatoms. The fourth-order valence-electron chi connectivity index (χ4n) is 2.35. The number of hydrogen-bond donors (Lipinski definition) is 1. The monoisotopic (exact) mass is 262 g/mol. The van der Waals surface area contributed by atoms with E-state index in [1.54, 1.807) is 12.4 Å². The van der Waals surface area contributed by atoms with Crippen molar-refractivity contribution in [3.05, 3.63) is 24.0 Å². The highest BCUT2D eigenvalue weighted by Crippen LogP contribution is 2.16. The summed E-state index contributed by atoms with van der Waals surface area (Å²) in [6.07, 6.45) is 3.37. The zero-order valence-electron chi connectivity index (χ0n) is 11.7. The van der Waals surface area contributed by atoms with Crippen LogP contribution in [0.1, 0.15) is 24.2 Å². The van der Waals surface area contributed by atoms with E-state index < -0.39 is 0 Å². The molecule has 0 radical (unpaired) electrons. The maximum atomic E-state index is 12.5. The summed E-state index contributed by atoms with van der Waals surface area (Å²) in [7, 11) is 0. The molecule has 1 aromatic rings. The van der Waals surface area contributed by atoms with Gasteiger partial charge in [-0.3, -0.25) is 9.78 Å². The average molecular weight is 262 g/mol. The molecule has 0 saturated carbocycles. The Kier molecular flexibility index (Phi) is 4.74. The van der Waals surface area contributed by atoms with Crippen molar-refractivity contribution in [3.8, 4) is 0 Å². The van der Waals surface area contributed by atoms with Crippen molar-refractivity contribution >= 4 is 11.6 Å². The van der Waals surface area contributed by atoms with Gasteiger partial charge in [-0.2, -0.15) is 0 Å². The number of aromatic nitrogens is 1. The fourth-order valence-corrected chi connectivity index (χ4v) is 2.35. The summed E-state index contributed by atoms with van der Waals surface area (Å²) in [6, 6.07) is 1.86. The number of hydrogen-bond acceptors (Lipinski definition) is 4. The molecular formula is C14H22N4O. The van der Waals surface area contributed by atoms with Crippen molar-refractivity contribution < 1.29 is 4.79 Å². The van der Waals surface area contributed by atoms with E-state index in [1.165, 1.54) is 0 Å². The van der Waals surface area contributed by atoms with Gasteiger partial charge in [0.2, 0.25) is 0 Å². The lowest BCUT2D eigenvalue weighted by atomic mass is 10.2. The largest absolute Gasteiger partial charge is 0.385 e. The molecule has 1 aliphatic rings. The van der Waals surface area contributed by atoms with Gasteiger partial charge in [0.15, 0.2) is 0 Å². The van der Waals surface area contributed by atoms with Crippen LogP contribution >= 0.6 is 0 Å². The molecule has 1 aliphatic heterocycles. The number of likely N-dealkylation sites (N-methyl/N-ethyl adjacent to an activating group) is 1. The minimum absolute atomic E-state index is 0.0832. The Morgan fingerprint density at radius 1 is 1.32 bits per heavy atom. The summed E-state index contributed by atoms with van der Waals surface area (Å²) in [5.74, 6) is 0.0832. The van der Waals surface area contributed by atoms with Crippen molar-refractivity contribution in [1.82, 2.24) is 14.8 Å². The summed E-state index contributed by atoms with van der Waals surface area (Å²) in [5.41, 5.74) is 1.55. The van der Waals surface area contributed by atoms with Gasteiger partial charge < -0.3 is 15.1 Å². The fraction of sp³-hybridized carbons (Fsp3) is 0.571. The van der Waals surface area contributed by atoms with E-state index in [0.29, 0.717) is 5.56 Å². The van der Waals surface area contributed by atoms with Crippen molar-refractivity contribution in [2.75, 3.05) is 44.6 Å². The topological polar surface area (TPSA) is 48.5 Å². The SMILES string of the molecule is CCNc1ccncc1C(=O)N1CCN(CC)CC1. The molecule has 1 N–H and O–H groups in total. The first kappa shape index (κ1) is 13.8. The molecule has 0 aliphatic carbocycles. The number of rotatable bonds is 4. The minimum atomic E-state index is 0.0832. The van der Waals surface area contributed by atoms with Crippen molar-refractivity contribution in [1.29, 1.82) is 0 Å². The Hall–Kier alpha value is -1.62. The van der Waals surface area contributed by atoms with E-state index in [-0.39, 0.29) is 5.91 Å². The van der Waals surface area contributed by atoms with Crippen LogP contribution in [0.25, 0.3) is 0 Å². The van der Waals surface area contributed by atoms with Crippen LogP contribution in [0, 0.1) is 0 Å². The number of pyridine rings is 1. The number of carbonyl (C=O) groups is 1. The number of piperazine rings is 1. The first-order valence-electron chi connectivity index (χ1n) is 6.95. The molecular weight excluding hydrogens is 240 g/mol. The second-order valence-corrected chi connectivity index (χ2v) is 4.68. The normalized spacial score (nSPS) is 16.4. The van der Waals surface area contributed by atoms with Crippen LogP contribution in [0.5, 0.6) is 0 Å². The van der Waals surface area contributed by atoms with E-state index in [0.717, 1.165) is 45.0 Å². The van der Waals surface area contributed by atoms with Crippen molar-refractivity contribution in [2.45, 2.75) is 13.8 Å². The van der Waals surface area contributed by atoms with Crippen LogP contribution in [0.15, 0.2) is 18.5 Å². The first-order valence-corrected chi connectivity index (χ1v) is 6.95. The Balaban J connectivity index is 2.07. The zero-order chi connectivity index (χ0) is 13.7. The van der Waals surface area contributed by atoms with Gasteiger partial charge in [0.1, 0.15) is 0 Å². The highest BCUT2D eigenvalue weighted by atomic mass is 16.2. The smallest absolute Gasteiger partial charge is 0.257 e. The summed E-state index contributed by atoms with van der Waals surface area (Å²) in [5, 5.41) is 3.22. The maximum absolute atomic E-state index is 12.5. The molecule has 0 atom stereocenters. The second-order valence-electron chi connectivity index (χ2n) is 4.68. The molecule has 1 aromatic heterocycles. The second kappa shape index (κ2) is 6.52. The predicted molar refractivity (Wildman–Crippen MR) is 76.4 cm³/mol. The zero-order valence-corrected chi connectivity index (χ0v) is 11.7. The summed E-state index contributed by atoms with van der Waals surface area (Å²) >= 11 is 0. The van der Waals surface area contributed by atoms with Gasteiger partial charge >= 0.3 is 0 Å². The quantitative estimate of drug-likeness (QED) is 0.888. The molecule has 1 amide bonds. The number of carbonyl (C=O) groups excluding carboxylic acids is 1. The lowest BCUT2D eigenvalue weighted by Gasteiger charge is -2.34. The van der Waals surface area contributed by atoms with E-state index in [2.05, 4.69) is 22.1 Å². The third kappa shape index (κ3) is 3.23. The van der Waals surface area contributed by atoms with Crippen LogP contribution < -0.4 is 5.32 Å². The van der Waals surface area contributed by atoms with E-state index in [9.17, 15) is 4.79 Å². The molecule has 2 rings (SSSR count). The van der Waals surface area contributed by atoms with Gasteiger partial charge in [-0.1, -0.05) is 6.92 Å². The molecule has 19 heavy (non-hydrogen) atoms. The van der Waals surface area contributed by atoms with Crippen LogP contribution in [0.4, 0.5) is 5.69 Å². The molecule has 0 bridgehead atoms. The van der Waals surface area contributed by atoms with Crippen molar-refractivity contribution in [3.63, 3.8) is 0 Å². The van der Waals surface area contributed by atoms with Crippen molar-refractivity contribution in [2.24, 2.45) is 0 Å². The van der Waals surface area contributed by atoms with Gasteiger partial charge in [0.05, 0.1) is 11.3 Å². The van der Waals surface area contributed by atoms with Crippen LogP contribution in [0.3, 0.4) is 0 Å². The first-order chi connectivity index (χ1) is 9.26. The Labute approximate surface area is 114 Å². The van der Waals surface area contributed by atoms with Gasteiger partial charge in [0.25, 0.3) is 5.91 Å². The molecule has 1 fully saturated rings. The van der Waals surface area contributed by atoms with E-state index >= 15 is 0 Å². The lowest BCUT2D eigenvalue weighted by molar-refractivity contribution is 0.0644. The highest BCUT2D eigenvalue weighted by Gasteiger charge is 2.23. The van der Waals surface area contributed by atoms with E-state index in [1.807, 2.05) is 17.9 Å². The molecule has 0 spiro atoms. The van der Waals surface area contributed by atoms with E-state index in [4.69, 9.17) is 0 Å². The Morgan fingerprint density at radius 2 is 2.05 bits per heavy atom. The van der Waals surface area contributed by atoms with Gasteiger partial charge in [-0.15, -0.1) is 0 Å². The summed E-state index contributed by atoms with van der Waals surface area (Å²) in [4.78, 5) is 20.9. The van der Waals surface area contributed by atoms with Gasteiger partial charge in [-0.25, -0.2) is 0 Å². The third-order valence-corrected chi connectivity index (χ3v) is 3.53. The molecule has 0 unspecified atom stereocenters. The number of anilines is 1. The summed E-state index contributed by atoms with van der Waals surface area (Å²) < 4.78 is 0. The van der Waals surface area contributed by atoms with Crippen LogP contribution in [-0.4, -0.2) is 60.0 Å². The average Bonchev–Trinajstić information content (AvgIpc) is 2.47. The predicted octanol–water partition coefficient (Wildman–Crippen LogP) is 1.29. The Bertz CT molecular complexity index is 427. The van der Waals surface area contributed by atoms with Gasteiger partial charge in [0, 0.05) is 45.1 Å². The molecule has 0 aromatic carbocycles. The standard InChI is InChI=1S/C14H22N4O/c1-3-16-13-5-6-15-11-12(13)14(19)18-9-7-17(4-2)8-10-18/h5-6,11H,3-4,7-10H2,1-2H3,(H,15,16). The third-order valence-electron chi connectivity index (χ3n) is 3.53. The van der Waals surface area contributed by atoms with Crippen LogP contribution in [-0.2, 0) is 0 Å². The number of nitrogens with one attached hydrogen (secondary N) is 1. The maximum Gasteiger partial charge on any atom is 0.257 e. The van der Waals surface area contributed by atoms with Crippen LogP contribution in [0.2, 0.25) is 0 Å². The van der Waals surface area contributed by atoms with Gasteiger partial charge in [-0.05, 0) is 19.5 Å². The highest BCUT2D eigenvalue weighted by molar-refractivity contribution is 5.99. The number of nitrogens with zero attached hydrogens (tertiary/aromatic N) is 3.